The molecule has 2 aromatic carbocycles. The number of halogens is 1. The van der Waals surface area contributed by atoms with Crippen molar-refractivity contribution in [2.75, 3.05) is 12.1 Å². The molecule has 0 aromatic heterocycles. The summed E-state index contributed by atoms with van der Waals surface area (Å²) in [5.41, 5.74) is 1.56. The largest absolute Gasteiger partial charge is 0.454 e. The van der Waals surface area contributed by atoms with Gasteiger partial charge in [-0.3, -0.25) is 4.79 Å². The van der Waals surface area contributed by atoms with Crippen molar-refractivity contribution in [3.63, 3.8) is 0 Å². The minimum absolute atomic E-state index is 0.213. The molecule has 2 aromatic rings. The van der Waals surface area contributed by atoms with E-state index in [2.05, 4.69) is 5.32 Å². The predicted octanol–water partition coefficient (Wildman–Crippen LogP) is 3.72. The highest BCUT2D eigenvalue weighted by Gasteiger charge is 2.12. The van der Waals surface area contributed by atoms with Crippen molar-refractivity contribution in [1.29, 1.82) is 0 Å². The Bertz CT molecular complexity index is 695. The number of benzene rings is 2. The Balaban J connectivity index is 1.65. The highest BCUT2D eigenvalue weighted by atomic mass is 35.5. The molecule has 1 amide bonds. The third-order valence-electron chi connectivity index (χ3n) is 2.94. The number of hydrogen-bond acceptors (Lipinski definition) is 3. The van der Waals surface area contributed by atoms with Crippen LogP contribution >= 0.6 is 11.6 Å². The number of hydrogen-bond donors (Lipinski definition) is 1. The Morgan fingerprint density at radius 3 is 2.67 bits per heavy atom. The number of carbonyl (C=O) groups is 1. The number of ether oxygens (including phenoxy) is 2. The molecular formula is C16H12ClNO3. The van der Waals surface area contributed by atoms with E-state index in [0.717, 1.165) is 11.3 Å². The molecule has 1 heterocycles. The molecule has 0 saturated heterocycles. The van der Waals surface area contributed by atoms with Gasteiger partial charge in [0.2, 0.25) is 12.7 Å². The molecule has 106 valence electrons. The first kappa shape index (κ1) is 13.5. The van der Waals surface area contributed by atoms with Gasteiger partial charge < -0.3 is 14.8 Å². The van der Waals surface area contributed by atoms with E-state index in [0.29, 0.717) is 16.5 Å². The van der Waals surface area contributed by atoms with Gasteiger partial charge in [0, 0.05) is 16.8 Å². The molecule has 0 saturated carbocycles. The molecule has 0 bridgehead atoms. The smallest absolute Gasteiger partial charge is 0.248 e. The normalized spacial score (nSPS) is 12.6. The molecule has 0 atom stereocenters. The highest BCUT2D eigenvalue weighted by molar-refractivity contribution is 6.30. The lowest BCUT2D eigenvalue weighted by molar-refractivity contribution is -0.111. The maximum atomic E-state index is 11.8. The van der Waals surface area contributed by atoms with E-state index in [1.807, 2.05) is 18.2 Å². The topological polar surface area (TPSA) is 47.6 Å². The second-order valence-electron chi connectivity index (χ2n) is 4.44. The van der Waals surface area contributed by atoms with Gasteiger partial charge in [-0.2, -0.15) is 0 Å². The second-order valence-corrected chi connectivity index (χ2v) is 4.88. The van der Waals surface area contributed by atoms with Crippen LogP contribution in [0.3, 0.4) is 0 Å². The molecule has 0 fully saturated rings. The fraction of sp³-hybridized carbons (Fsp3) is 0.0625. The molecule has 0 aliphatic carbocycles. The summed E-state index contributed by atoms with van der Waals surface area (Å²) in [6.07, 6.45) is 3.18. The summed E-state index contributed by atoms with van der Waals surface area (Å²) in [7, 11) is 0. The Hall–Kier alpha value is -2.46. The van der Waals surface area contributed by atoms with Crippen molar-refractivity contribution in [1.82, 2.24) is 0 Å². The molecule has 0 unspecified atom stereocenters. The van der Waals surface area contributed by atoms with Gasteiger partial charge in [0.05, 0.1) is 0 Å². The van der Waals surface area contributed by atoms with Gasteiger partial charge in [-0.1, -0.05) is 17.7 Å². The predicted molar refractivity (Wildman–Crippen MR) is 81.7 cm³/mol. The highest BCUT2D eigenvalue weighted by Crippen LogP contribution is 2.32. The van der Waals surface area contributed by atoms with Crippen molar-refractivity contribution < 1.29 is 14.3 Å². The molecule has 3 rings (SSSR count). The van der Waals surface area contributed by atoms with Gasteiger partial charge in [0.1, 0.15) is 0 Å². The van der Waals surface area contributed by atoms with Crippen molar-refractivity contribution in [2.45, 2.75) is 0 Å². The van der Waals surface area contributed by atoms with E-state index < -0.39 is 0 Å². The molecule has 1 N–H and O–H groups in total. The fourth-order valence-electron chi connectivity index (χ4n) is 1.91. The van der Waals surface area contributed by atoms with Crippen LogP contribution < -0.4 is 14.8 Å². The summed E-state index contributed by atoms with van der Waals surface area (Å²) in [5.74, 6) is 1.20. The number of rotatable bonds is 3. The summed E-state index contributed by atoms with van der Waals surface area (Å²) < 4.78 is 10.5. The van der Waals surface area contributed by atoms with E-state index in [1.165, 1.54) is 6.08 Å². The first-order chi connectivity index (χ1) is 10.2. The van der Waals surface area contributed by atoms with Crippen LogP contribution in [-0.4, -0.2) is 12.7 Å². The van der Waals surface area contributed by atoms with Gasteiger partial charge in [0.25, 0.3) is 0 Å². The quantitative estimate of drug-likeness (QED) is 0.879. The van der Waals surface area contributed by atoms with Gasteiger partial charge in [0.15, 0.2) is 11.5 Å². The van der Waals surface area contributed by atoms with E-state index >= 15 is 0 Å². The molecule has 21 heavy (non-hydrogen) atoms. The van der Waals surface area contributed by atoms with E-state index in [9.17, 15) is 4.79 Å². The molecule has 4 nitrogen and oxygen atoms in total. The molecule has 0 radical (unpaired) electrons. The van der Waals surface area contributed by atoms with Gasteiger partial charge in [-0.15, -0.1) is 0 Å². The average molecular weight is 302 g/mol. The van der Waals surface area contributed by atoms with Crippen LogP contribution in [-0.2, 0) is 4.79 Å². The summed E-state index contributed by atoms with van der Waals surface area (Å²) in [6, 6.07) is 12.4. The molecule has 5 heteroatoms. The molecule has 1 aliphatic rings. The Morgan fingerprint density at radius 2 is 1.86 bits per heavy atom. The molecular weight excluding hydrogens is 290 g/mol. The maximum Gasteiger partial charge on any atom is 0.248 e. The zero-order valence-corrected chi connectivity index (χ0v) is 11.8. The van der Waals surface area contributed by atoms with Crippen LogP contribution in [0.25, 0.3) is 6.08 Å². The van der Waals surface area contributed by atoms with Gasteiger partial charge in [-0.25, -0.2) is 0 Å². The van der Waals surface area contributed by atoms with Crippen molar-refractivity contribution in [2.24, 2.45) is 0 Å². The van der Waals surface area contributed by atoms with Crippen LogP contribution in [0.5, 0.6) is 11.5 Å². The third-order valence-corrected chi connectivity index (χ3v) is 3.19. The van der Waals surface area contributed by atoms with Crippen LogP contribution in [0.2, 0.25) is 5.02 Å². The lowest BCUT2D eigenvalue weighted by Crippen LogP contribution is -2.07. The summed E-state index contributed by atoms with van der Waals surface area (Å²) in [5, 5.41) is 3.38. The lowest BCUT2D eigenvalue weighted by atomic mass is 10.2. The Kier molecular flexibility index (Phi) is 3.79. The van der Waals surface area contributed by atoms with Crippen molar-refractivity contribution >= 4 is 29.3 Å². The van der Waals surface area contributed by atoms with Crippen molar-refractivity contribution in [3.05, 3.63) is 59.1 Å². The Morgan fingerprint density at radius 1 is 1.10 bits per heavy atom. The number of nitrogens with one attached hydrogen (secondary N) is 1. The van der Waals surface area contributed by atoms with Gasteiger partial charge in [-0.05, 0) is 48.0 Å². The van der Waals surface area contributed by atoms with Crippen LogP contribution in [0.1, 0.15) is 5.56 Å². The standard InChI is InChI=1S/C16H12ClNO3/c17-12-3-5-13(6-4-12)18-16(19)8-2-11-1-7-14-15(9-11)21-10-20-14/h1-9H,10H2,(H,18,19)/b8-2+. The third kappa shape index (κ3) is 3.35. The SMILES string of the molecule is O=C(/C=C/c1ccc2c(c1)OCO2)Nc1ccc(Cl)cc1. The lowest BCUT2D eigenvalue weighted by Gasteiger charge is -2.02. The zero-order chi connectivity index (χ0) is 14.7. The number of amides is 1. The zero-order valence-electron chi connectivity index (χ0n) is 11.0. The van der Waals surface area contributed by atoms with Crippen LogP contribution in [0.4, 0.5) is 5.69 Å². The van der Waals surface area contributed by atoms with E-state index in [1.54, 1.807) is 30.3 Å². The summed E-state index contributed by atoms with van der Waals surface area (Å²) in [6.45, 7) is 0.236. The fourth-order valence-corrected chi connectivity index (χ4v) is 2.03. The summed E-state index contributed by atoms with van der Waals surface area (Å²) >= 11 is 5.79. The van der Waals surface area contributed by atoms with Gasteiger partial charge >= 0.3 is 0 Å². The molecule has 0 spiro atoms. The van der Waals surface area contributed by atoms with E-state index in [4.69, 9.17) is 21.1 Å². The number of carbonyl (C=O) groups excluding carboxylic acids is 1. The first-order valence-electron chi connectivity index (χ1n) is 6.35. The monoisotopic (exact) mass is 301 g/mol. The van der Waals surface area contributed by atoms with Crippen molar-refractivity contribution in [3.8, 4) is 11.5 Å². The Labute approximate surface area is 126 Å². The number of anilines is 1. The minimum Gasteiger partial charge on any atom is -0.454 e. The summed E-state index contributed by atoms with van der Waals surface area (Å²) in [4.78, 5) is 11.8. The average Bonchev–Trinajstić information content (AvgIpc) is 2.95. The maximum absolute atomic E-state index is 11.8. The molecule has 1 aliphatic heterocycles. The second kappa shape index (κ2) is 5.89. The minimum atomic E-state index is -0.213. The first-order valence-corrected chi connectivity index (χ1v) is 6.73. The number of fused-ring (bicyclic) bond motifs is 1. The van der Waals surface area contributed by atoms with Crippen LogP contribution in [0, 0.1) is 0 Å². The van der Waals surface area contributed by atoms with E-state index in [-0.39, 0.29) is 12.7 Å². The van der Waals surface area contributed by atoms with Crippen LogP contribution in [0.15, 0.2) is 48.5 Å².